The molecule has 98 valence electrons. The van der Waals surface area contributed by atoms with Crippen LogP contribution >= 0.6 is 0 Å². The van der Waals surface area contributed by atoms with Gasteiger partial charge in [0.25, 0.3) is 0 Å². The average molecular weight is 240 g/mol. The highest BCUT2D eigenvalue weighted by atomic mass is 16.5. The summed E-state index contributed by atoms with van der Waals surface area (Å²) in [6.45, 7) is 5.76. The zero-order valence-electron chi connectivity index (χ0n) is 10.9. The molecule has 2 aliphatic rings. The number of hydrogen-bond acceptors (Lipinski definition) is 3. The van der Waals surface area contributed by atoms with Crippen LogP contribution in [0.4, 0.5) is 0 Å². The van der Waals surface area contributed by atoms with Gasteiger partial charge in [-0.3, -0.25) is 4.79 Å². The van der Waals surface area contributed by atoms with E-state index in [1.54, 1.807) is 7.11 Å². The van der Waals surface area contributed by atoms with Gasteiger partial charge in [0, 0.05) is 45.8 Å². The van der Waals surface area contributed by atoms with Crippen molar-refractivity contribution in [1.82, 2.24) is 10.2 Å². The van der Waals surface area contributed by atoms with Gasteiger partial charge >= 0.3 is 0 Å². The lowest BCUT2D eigenvalue weighted by atomic mass is 9.91. The number of rotatable bonds is 4. The minimum absolute atomic E-state index is 0.313. The van der Waals surface area contributed by atoms with E-state index in [1.807, 2.05) is 0 Å². The van der Waals surface area contributed by atoms with Crippen LogP contribution in [-0.4, -0.2) is 50.2 Å². The van der Waals surface area contributed by atoms with Crippen LogP contribution in [0, 0.1) is 11.8 Å². The SMILES string of the molecule is COCC(C)CC(=O)N1CCCC2CNCC21. The summed E-state index contributed by atoms with van der Waals surface area (Å²) in [5.74, 6) is 1.32. The van der Waals surface area contributed by atoms with Crippen molar-refractivity contribution in [2.24, 2.45) is 11.8 Å². The first kappa shape index (κ1) is 12.8. The van der Waals surface area contributed by atoms with Gasteiger partial charge < -0.3 is 15.0 Å². The molecule has 0 aromatic heterocycles. The molecule has 0 saturated carbocycles. The van der Waals surface area contributed by atoms with Crippen LogP contribution in [0.15, 0.2) is 0 Å². The van der Waals surface area contributed by atoms with E-state index in [4.69, 9.17) is 4.74 Å². The zero-order chi connectivity index (χ0) is 12.3. The van der Waals surface area contributed by atoms with E-state index in [1.165, 1.54) is 6.42 Å². The smallest absolute Gasteiger partial charge is 0.223 e. The Labute approximate surface area is 104 Å². The van der Waals surface area contributed by atoms with Crippen LogP contribution < -0.4 is 5.32 Å². The van der Waals surface area contributed by atoms with E-state index >= 15 is 0 Å². The van der Waals surface area contributed by atoms with Crippen molar-refractivity contribution in [2.45, 2.75) is 32.2 Å². The molecule has 2 heterocycles. The summed E-state index contributed by atoms with van der Waals surface area (Å²) in [6, 6.07) is 0.450. The number of carbonyl (C=O) groups is 1. The summed E-state index contributed by atoms with van der Waals surface area (Å²) in [5.41, 5.74) is 0. The lowest BCUT2D eigenvalue weighted by molar-refractivity contribution is -0.136. The second kappa shape index (κ2) is 5.83. The number of piperidine rings is 1. The third kappa shape index (κ3) is 2.99. The number of hydrogen-bond donors (Lipinski definition) is 1. The Hall–Kier alpha value is -0.610. The normalized spacial score (nSPS) is 30.1. The Bertz CT molecular complexity index is 270. The Morgan fingerprint density at radius 2 is 2.35 bits per heavy atom. The minimum atomic E-state index is 0.313. The Morgan fingerprint density at radius 1 is 1.53 bits per heavy atom. The van der Waals surface area contributed by atoms with E-state index in [9.17, 15) is 4.79 Å². The van der Waals surface area contributed by atoms with E-state index < -0.39 is 0 Å². The first-order valence-corrected chi connectivity index (χ1v) is 6.71. The van der Waals surface area contributed by atoms with Crippen molar-refractivity contribution in [3.05, 3.63) is 0 Å². The molecule has 2 aliphatic heterocycles. The first-order chi connectivity index (χ1) is 8.22. The van der Waals surface area contributed by atoms with Crippen LogP contribution in [0.2, 0.25) is 0 Å². The maximum absolute atomic E-state index is 12.3. The molecule has 4 heteroatoms. The maximum Gasteiger partial charge on any atom is 0.223 e. The third-order valence-electron chi connectivity index (χ3n) is 3.97. The van der Waals surface area contributed by atoms with Gasteiger partial charge in [-0.25, -0.2) is 0 Å². The quantitative estimate of drug-likeness (QED) is 0.793. The van der Waals surface area contributed by atoms with Gasteiger partial charge in [0.2, 0.25) is 5.91 Å². The molecule has 0 bridgehead atoms. The van der Waals surface area contributed by atoms with Crippen molar-refractivity contribution in [3.63, 3.8) is 0 Å². The van der Waals surface area contributed by atoms with Crippen molar-refractivity contribution >= 4 is 5.91 Å². The van der Waals surface area contributed by atoms with Gasteiger partial charge in [0.05, 0.1) is 0 Å². The maximum atomic E-state index is 12.3. The number of amides is 1. The summed E-state index contributed by atoms with van der Waals surface area (Å²) in [5, 5.41) is 3.41. The highest BCUT2D eigenvalue weighted by Gasteiger charge is 2.37. The van der Waals surface area contributed by atoms with Crippen LogP contribution in [-0.2, 0) is 9.53 Å². The van der Waals surface area contributed by atoms with Crippen LogP contribution in [0.1, 0.15) is 26.2 Å². The van der Waals surface area contributed by atoms with E-state index in [0.717, 1.165) is 26.1 Å². The van der Waals surface area contributed by atoms with Gasteiger partial charge in [-0.05, 0) is 24.7 Å². The second-order valence-corrected chi connectivity index (χ2v) is 5.48. The fraction of sp³-hybridized carbons (Fsp3) is 0.923. The van der Waals surface area contributed by atoms with Gasteiger partial charge in [-0.15, -0.1) is 0 Å². The number of methoxy groups -OCH3 is 1. The molecule has 0 spiro atoms. The molecular weight excluding hydrogens is 216 g/mol. The minimum Gasteiger partial charge on any atom is -0.384 e. The first-order valence-electron chi connectivity index (χ1n) is 6.71. The number of likely N-dealkylation sites (tertiary alicyclic amines) is 1. The Balaban J connectivity index is 1.89. The molecular formula is C13H24N2O2. The second-order valence-electron chi connectivity index (χ2n) is 5.48. The molecule has 4 nitrogen and oxygen atoms in total. The molecule has 0 radical (unpaired) electrons. The number of fused-ring (bicyclic) bond motifs is 1. The molecule has 1 N–H and O–H groups in total. The standard InChI is InChI=1S/C13H24N2O2/c1-10(9-17-2)6-13(16)15-5-3-4-11-7-14-8-12(11)15/h10-12,14H,3-9H2,1-2H3. The molecule has 2 saturated heterocycles. The summed E-state index contributed by atoms with van der Waals surface area (Å²) >= 11 is 0. The topological polar surface area (TPSA) is 41.6 Å². The highest BCUT2D eigenvalue weighted by Crippen LogP contribution is 2.27. The molecule has 3 unspecified atom stereocenters. The lowest BCUT2D eigenvalue weighted by Crippen LogP contribution is -2.48. The van der Waals surface area contributed by atoms with Crippen molar-refractivity contribution in [2.75, 3.05) is 33.4 Å². The van der Waals surface area contributed by atoms with Gasteiger partial charge in [-0.2, -0.15) is 0 Å². The van der Waals surface area contributed by atoms with Gasteiger partial charge in [0.15, 0.2) is 0 Å². The predicted octanol–water partition coefficient (Wildman–Crippen LogP) is 0.869. The number of nitrogens with zero attached hydrogens (tertiary/aromatic N) is 1. The Morgan fingerprint density at radius 3 is 3.12 bits per heavy atom. The zero-order valence-corrected chi connectivity index (χ0v) is 10.9. The average Bonchev–Trinajstić information content (AvgIpc) is 2.76. The van der Waals surface area contributed by atoms with E-state index in [-0.39, 0.29) is 0 Å². The lowest BCUT2D eigenvalue weighted by Gasteiger charge is -2.37. The summed E-state index contributed by atoms with van der Waals surface area (Å²) in [7, 11) is 1.69. The summed E-state index contributed by atoms with van der Waals surface area (Å²) < 4.78 is 5.10. The molecule has 0 aliphatic carbocycles. The van der Waals surface area contributed by atoms with Crippen molar-refractivity contribution < 1.29 is 9.53 Å². The van der Waals surface area contributed by atoms with Gasteiger partial charge in [-0.1, -0.05) is 6.92 Å². The fourth-order valence-electron chi connectivity index (χ4n) is 3.14. The largest absolute Gasteiger partial charge is 0.384 e. The summed E-state index contributed by atoms with van der Waals surface area (Å²) in [4.78, 5) is 14.4. The molecule has 3 atom stereocenters. The third-order valence-corrected chi connectivity index (χ3v) is 3.97. The fourth-order valence-corrected chi connectivity index (χ4v) is 3.14. The van der Waals surface area contributed by atoms with Gasteiger partial charge in [0.1, 0.15) is 0 Å². The molecule has 2 fully saturated rings. The monoisotopic (exact) mass is 240 g/mol. The summed E-state index contributed by atoms with van der Waals surface area (Å²) in [6.07, 6.45) is 3.05. The molecule has 0 aromatic carbocycles. The number of nitrogens with one attached hydrogen (secondary N) is 1. The predicted molar refractivity (Wildman–Crippen MR) is 66.8 cm³/mol. The number of carbonyl (C=O) groups excluding carboxylic acids is 1. The number of ether oxygens (including phenoxy) is 1. The molecule has 0 aromatic rings. The molecule has 1 amide bonds. The van der Waals surface area contributed by atoms with Crippen LogP contribution in [0.3, 0.4) is 0 Å². The van der Waals surface area contributed by atoms with E-state index in [0.29, 0.717) is 36.8 Å². The Kier molecular flexibility index (Phi) is 4.40. The highest BCUT2D eigenvalue weighted by molar-refractivity contribution is 5.77. The molecule has 17 heavy (non-hydrogen) atoms. The van der Waals surface area contributed by atoms with Crippen LogP contribution in [0.5, 0.6) is 0 Å². The van der Waals surface area contributed by atoms with Crippen molar-refractivity contribution in [3.8, 4) is 0 Å². The van der Waals surface area contributed by atoms with Crippen molar-refractivity contribution in [1.29, 1.82) is 0 Å². The van der Waals surface area contributed by atoms with E-state index in [2.05, 4.69) is 17.1 Å². The molecule has 2 rings (SSSR count). The van der Waals surface area contributed by atoms with Crippen LogP contribution in [0.25, 0.3) is 0 Å².